The van der Waals surface area contributed by atoms with Gasteiger partial charge in [0.1, 0.15) is 0 Å². The Balaban J connectivity index is 0. The van der Waals surface area contributed by atoms with Crippen molar-refractivity contribution in [2.24, 2.45) is 0 Å². The molecule has 0 spiro atoms. The van der Waals surface area contributed by atoms with Crippen molar-refractivity contribution in [3.8, 4) is 0 Å². The SMILES string of the molecule is C=C(C)CCN(C)C(C)CCNC.CC. The molecule has 0 saturated carbocycles. The zero-order chi connectivity index (χ0) is 12.3. The van der Waals surface area contributed by atoms with E-state index in [1.165, 1.54) is 12.0 Å². The van der Waals surface area contributed by atoms with Crippen LogP contribution in [0.3, 0.4) is 0 Å². The second-order valence-corrected chi connectivity index (χ2v) is 3.93. The highest BCUT2D eigenvalue weighted by Gasteiger charge is 2.07. The second kappa shape index (κ2) is 11.7. The van der Waals surface area contributed by atoms with Gasteiger partial charge in [-0.15, -0.1) is 6.58 Å². The summed E-state index contributed by atoms with van der Waals surface area (Å²) in [5.41, 5.74) is 1.27. The molecule has 1 atom stereocenters. The zero-order valence-electron chi connectivity index (χ0n) is 11.6. The van der Waals surface area contributed by atoms with E-state index in [0.717, 1.165) is 19.5 Å². The van der Waals surface area contributed by atoms with Crippen LogP contribution in [0.4, 0.5) is 0 Å². The molecule has 0 saturated heterocycles. The Morgan fingerprint density at radius 3 is 2.33 bits per heavy atom. The van der Waals surface area contributed by atoms with Crippen LogP contribution in [-0.2, 0) is 0 Å². The van der Waals surface area contributed by atoms with Gasteiger partial charge in [0.25, 0.3) is 0 Å². The second-order valence-electron chi connectivity index (χ2n) is 3.93. The van der Waals surface area contributed by atoms with Crippen LogP contribution < -0.4 is 5.32 Å². The van der Waals surface area contributed by atoms with Crippen LogP contribution in [0.25, 0.3) is 0 Å². The van der Waals surface area contributed by atoms with Crippen molar-refractivity contribution in [2.75, 3.05) is 27.2 Å². The number of hydrogen-bond acceptors (Lipinski definition) is 2. The van der Waals surface area contributed by atoms with Crippen LogP contribution in [0.2, 0.25) is 0 Å². The lowest BCUT2D eigenvalue weighted by molar-refractivity contribution is 0.248. The molecular weight excluding hydrogens is 184 g/mol. The monoisotopic (exact) mass is 214 g/mol. The molecule has 0 rings (SSSR count). The van der Waals surface area contributed by atoms with Crippen molar-refractivity contribution in [3.63, 3.8) is 0 Å². The Morgan fingerprint density at radius 2 is 1.93 bits per heavy atom. The van der Waals surface area contributed by atoms with Crippen LogP contribution in [0.15, 0.2) is 12.2 Å². The molecule has 0 fully saturated rings. The highest BCUT2D eigenvalue weighted by molar-refractivity contribution is 4.88. The van der Waals surface area contributed by atoms with Crippen molar-refractivity contribution >= 4 is 0 Å². The third-order valence-corrected chi connectivity index (χ3v) is 2.46. The summed E-state index contributed by atoms with van der Waals surface area (Å²) in [6.07, 6.45) is 2.32. The van der Waals surface area contributed by atoms with E-state index in [-0.39, 0.29) is 0 Å². The summed E-state index contributed by atoms with van der Waals surface area (Å²) in [5.74, 6) is 0. The molecule has 0 aromatic rings. The molecule has 0 aliphatic rings. The van der Waals surface area contributed by atoms with E-state index in [2.05, 4.69) is 37.7 Å². The summed E-state index contributed by atoms with van der Waals surface area (Å²) < 4.78 is 0. The number of nitrogens with zero attached hydrogens (tertiary/aromatic N) is 1. The Bertz CT molecular complexity index is 143. The van der Waals surface area contributed by atoms with Crippen LogP contribution in [0.1, 0.15) is 40.5 Å². The Hall–Kier alpha value is -0.340. The van der Waals surface area contributed by atoms with Gasteiger partial charge in [0, 0.05) is 12.6 Å². The molecule has 92 valence electrons. The Kier molecular flexibility index (Phi) is 13.4. The lowest BCUT2D eigenvalue weighted by atomic mass is 10.2. The fourth-order valence-corrected chi connectivity index (χ4v) is 1.16. The zero-order valence-corrected chi connectivity index (χ0v) is 11.6. The Labute approximate surface area is 96.7 Å². The van der Waals surface area contributed by atoms with Crippen molar-refractivity contribution in [1.29, 1.82) is 0 Å². The first-order chi connectivity index (χ1) is 7.07. The van der Waals surface area contributed by atoms with Gasteiger partial charge in [0.05, 0.1) is 0 Å². The van der Waals surface area contributed by atoms with Crippen molar-refractivity contribution in [2.45, 2.75) is 46.6 Å². The molecule has 1 unspecified atom stereocenters. The molecule has 0 heterocycles. The summed E-state index contributed by atoms with van der Waals surface area (Å²) in [4.78, 5) is 2.39. The molecule has 0 aromatic heterocycles. The van der Waals surface area contributed by atoms with Gasteiger partial charge < -0.3 is 10.2 Å². The van der Waals surface area contributed by atoms with Crippen LogP contribution in [-0.4, -0.2) is 38.1 Å². The maximum atomic E-state index is 3.91. The van der Waals surface area contributed by atoms with E-state index in [1.807, 2.05) is 20.9 Å². The summed E-state index contributed by atoms with van der Waals surface area (Å²) in [6.45, 7) is 14.5. The molecule has 0 amide bonds. The quantitative estimate of drug-likeness (QED) is 0.656. The van der Waals surface area contributed by atoms with E-state index in [9.17, 15) is 0 Å². The van der Waals surface area contributed by atoms with Gasteiger partial charge in [-0.3, -0.25) is 0 Å². The van der Waals surface area contributed by atoms with Gasteiger partial charge in [-0.1, -0.05) is 19.4 Å². The fourth-order valence-electron chi connectivity index (χ4n) is 1.16. The van der Waals surface area contributed by atoms with Crippen LogP contribution >= 0.6 is 0 Å². The largest absolute Gasteiger partial charge is 0.320 e. The molecule has 0 aromatic carbocycles. The molecule has 0 bridgehead atoms. The van der Waals surface area contributed by atoms with Crippen molar-refractivity contribution in [3.05, 3.63) is 12.2 Å². The van der Waals surface area contributed by atoms with Gasteiger partial charge in [0.15, 0.2) is 0 Å². The molecule has 2 nitrogen and oxygen atoms in total. The summed E-state index contributed by atoms with van der Waals surface area (Å²) in [7, 11) is 4.18. The predicted molar refractivity (Wildman–Crippen MR) is 71.4 cm³/mol. The van der Waals surface area contributed by atoms with E-state index in [4.69, 9.17) is 0 Å². The minimum atomic E-state index is 0.659. The van der Waals surface area contributed by atoms with Crippen molar-refractivity contribution in [1.82, 2.24) is 10.2 Å². The van der Waals surface area contributed by atoms with E-state index in [1.54, 1.807) is 0 Å². The predicted octanol–water partition coefficient (Wildman–Crippen LogP) is 2.91. The molecule has 2 heteroatoms. The number of hydrogen-bond donors (Lipinski definition) is 1. The lowest BCUT2D eigenvalue weighted by Crippen LogP contribution is -2.32. The average molecular weight is 214 g/mol. The van der Waals surface area contributed by atoms with Crippen LogP contribution in [0.5, 0.6) is 0 Å². The standard InChI is InChI=1S/C11H24N2.C2H6/c1-10(2)7-9-13(5)11(3)6-8-12-4;1-2/h11-12H,1,6-9H2,2-5H3;1-2H3. The summed E-state index contributed by atoms with van der Waals surface area (Å²) in [6, 6.07) is 0.659. The van der Waals surface area contributed by atoms with E-state index < -0.39 is 0 Å². The van der Waals surface area contributed by atoms with Gasteiger partial charge in [0.2, 0.25) is 0 Å². The van der Waals surface area contributed by atoms with Gasteiger partial charge >= 0.3 is 0 Å². The third kappa shape index (κ3) is 11.6. The fraction of sp³-hybridized carbons (Fsp3) is 0.846. The topological polar surface area (TPSA) is 15.3 Å². The molecule has 0 radical (unpaired) electrons. The first-order valence-corrected chi connectivity index (χ1v) is 6.07. The first kappa shape index (κ1) is 17.1. The third-order valence-electron chi connectivity index (χ3n) is 2.46. The molecular formula is C13H30N2. The first-order valence-electron chi connectivity index (χ1n) is 6.07. The number of nitrogens with one attached hydrogen (secondary N) is 1. The van der Waals surface area contributed by atoms with E-state index >= 15 is 0 Å². The summed E-state index contributed by atoms with van der Waals surface area (Å²) >= 11 is 0. The molecule has 15 heavy (non-hydrogen) atoms. The van der Waals surface area contributed by atoms with Crippen molar-refractivity contribution < 1.29 is 0 Å². The maximum Gasteiger partial charge on any atom is 0.00760 e. The smallest absolute Gasteiger partial charge is 0.00760 e. The Morgan fingerprint density at radius 1 is 1.40 bits per heavy atom. The van der Waals surface area contributed by atoms with E-state index in [0.29, 0.717) is 6.04 Å². The average Bonchev–Trinajstić information content (AvgIpc) is 2.25. The maximum absolute atomic E-state index is 3.91. The molecule has 0 aliphatic heterocycles. The highest BCUT2D eigenvalue weighted by Crippen LogP contribution is 2.04. The minimum absolute atomic E-state index is 0.659. The van der Waals surface area contributed by atoms with Gasteiger partial charge in [-0.05, 0) is 47.3 Å². The minimum Gasteiger partial charge on any atom is -0.320 e. The number of rotatable bonds is 7. The van der Waals surface area contributed by atoms with Gasteiger partial charge in [-0.2, -0.15) is 0 Å². The van der Waals surface area contributed by atoms with Gasteiger partial charge in [-0.25, -0.2) is 0 Å². The molecule has 0 aliphatic carbocycles. The summed E-state index contributed by atoms with van der Waals surface area (Å²) in [5, 5.41) is 3.17. The molecule has 1 N–H and O–H groups in total. The lowest BCUT2D eigenvalue weighted by Gasteiger charge is -2.24. The highest BCUT2D eigenvalue weighted by atomic mass is 15.1. The van der Waals surface area contributed by atoms with Crippen LogP contribution in [0, 0.1) is 0 Å². The normalized spacial score (nSPS) is 11.9.